The van der Waals surface area contributed by atoms with Gasteiger partial charge in [-0.25, -0.2) is 0 Å². The van der Waals surface area contributed by atoms with E-state index in [4.69, 9.17) is 21.1 Å². The highest BCUT2D eigenvalue weighted by molar-refractivity contribution is 8.00. The Morgan fingerprint density at radius 3 is 2.55 bits per heavy atom. The number of carbonyl (C=O) groups excluding carboxylic acids is 2. The second-order valence-electron chi connectivity index (χ2n) is 9.04. The van der Waals surface area contributed by atoms with Gasteiger partial charge in [-0.1, -0.05) is 83.8 Å². The molecule has 0 bridgehead atoms. The SMILES string of the molecule is C=CCOc1ccc(C2/C(=C(\O)c3ccc(Cl)cc3)C(=O)C(=O)N2c2nnc(SCc3ccccc3)s2)cc1OCC. The fraction of sp³-hybridized carbons (Fsp3) is 0.161. The topological polar surface area (TPSA) is 102 Å². The van der Waals surface area contributed by atoms with E-state index in [2.05, 4.69) is 16.8 Å². The van der Waals surface area contributed by atoms with Gasteiger partial charge in [-0.2, -0.15) is 0 Å². The molecule has 11 heteroatoms. The van der Waals surface area contributed by atoms with E-state index in [-0.39, 0.29) is 23.1 Å². The Hall–Kier alpha value is -4.12. The largest absolute Gasteiger partial charge is 0.507 e. The molecule has 1 unspecified atom stereocenters. The Kier molecular flexibility index (Phi) is 9.26. The van der Waals surface area contributed by atoms with E-state index >= 15 is 0 Å². The number of aliphatic hydroxyl groups excluding tert-OH is 1. The van der Waals surface area contributed by atoms with Crippen LogP contribution < -0.4 is 14.4 Å². The van der Waals surface area contributed by atoms with Crippen molar-refractivity contribution in [3.05, 3.63) is 113 Å². The first-order chi connectivity index (χ1) is 20.4. The number of ketones is 1. The number of Topliss-reactive ketones (excluding diaryl/α,β-unsaturated/α-hetero) is 1. The molecule has 8 nitrogen and oxygen atoms in total. The summed E-state index contributed by atoms with van der Waals surface area (Å²) in [5.41, 5.74) is 1.89. The Balaban J connectivity index is 1.59. The number of aliphatic hydroxyl groups is 1. The van der Waals surface area contributed by atoms with Crippen LogP contribution in [0.4, 0.5) is 5.13 Å². The van der Waals surface area contributed by atoms with Crippen molar-refractivity contribution in [1.29, 1.82) is 0 Å². The number of hydrogen-bond donors (Lipinski definition) is 1. The minimum absolute atomic E-state index is 0.0850. The van der Waals surface area contributed by atoms with Gasteiger partial charge in [0.25, 0.3) is 5.78 Å². The highest BCUT2D eigenvalue weighted by Crippen LogP contribution is 2.45. The zero-order valence-electron chi connectivity index (χ0n) is 22.5. The number of aromatic nitrogens is 2. The molecule has 42 heavy (non-hydrogen) atoms. The first kappa shape index (κ1) is 29.4. The lowest BCUT2D eigenvalue weighted by Gasteiger charge is -2.23. The van der Waals surface area contributed by atoms with Crippen LogP contribution >= 0.6 is 34.7 Å². The molecule has 1 aromatic heterocycles. The molecule has 1 atom stereocenters. The second-order valence-corrected chi connectivity index (χ2v) is 11.7. The fourth-order valence-electron chi connectivity index (χ4n) is 4.42. The third-order valence-corrected chi connectivity index (χ3v) is 8.69. The van der Waals surface area contributed by atoms with Gasteiger partial charge in [0.05, 0.1) is 18.2 Å². The van der Waals surface area contributed by atoms with Crippen molar-refractivity contribution in [2.45, 2.75) is 23.1 Å². The lowest BCUT2D eigenvalue weighted by Crippen LogP contribution is -2.29. The summed E-state index contributed by atoms with van der Waals surface area (Å²) < 4.78 is 12.2. The highest BCUT2D eigenvalue weighted by Gasteiger charge is 2.48. The van der Waals surface area contributed by atoms with Gasteiger partial charge >= 0.3 is 5.91 Å². The molecule has 1 aliphatic heterocycles. The maximum Gasteiger partial charge on any atom is 0.301 e. The molecule has 0 spiro atoms. The number of thioether (sulfide) groups is 1. The van der Waals surface area contributed by atoms with Gasteiger partial charge < -0.3 is 14.6 Å². The number of hydrogen-bond acceptors (Lipinski definition) is 9. The average molecular weight is 620 g/mol. The van der Waals surface area contributed by atoms with Crippen molar-refractivity contribution in [1.82, 2.24) is 10.2 Å². The zero-order valence-corrected chi connectivity index (χ0v) is 24.9. The number of rotatable bonds is 11. The third-order valence-electron chi connectivity index (χ3n) is 6.31. The van der Waals surface area contributed by atoms with E-state index in [9.17, 15) is 14.7 Å². The van der Waals surface area contributed by atoms with Crippen molar-refractivity contribution in [2.75, 3.05) is 18.1 Å². The quantitative estimate of drug-likeness (QED) is 0.0475. The molecule has 0 aliphatic carbocycles. The Labute approximate surface area is 256 Å². The van der Waals surface area contributed by atoms with Crippen LogP contribution in [0.1, 0.15) is 29.7 Å². The van der Waals surface area contributed by atoms with Crippen LogP contribution in [-0.2, 0) is 15.3 Å². The summed E-state index contributed by atoms with van der Waals surface area (Å²) in [5, 5.41) is 20.6. The van der Waals surface area contributed by atoms with E-state index in [1.54, 1.807) is 48.5 Å². The van der Waals surface area contributed by atoms with Gasteiger partial charge in [-0.15, -0.1) is 10.2 Å². The van der Waals surface area contributed by atoms with E-state index < -0.39 is 17.7 Å². The second kappa shape index (κ2) is 13.2. The number of ether oxygens (including phenoxy) is 2. The molecule has 2 heterocycles. The van der Waals surface area contributed by atoms with Gasteiger partial charge in [-0.3, -0.25) is 14.5 Å². The summed E-state index contributed by atoms with van der Waals surface area (Å²) in [6.07, 6.45) is 1.62. The Morgan fingerprint density at radius 1 is 1.07 bits per heavy atom. The van der Waals surface area contributed by atoms with Crippen LogP contribution in [0.25, 0.3) is 5.76 Å². The number of nitrogens with zero attached hydrogens (tertiary/aromatic N) is 3. The average Bonchev–Trinajstić information content (AvgIpc) is 3.58. The minimum Gasteiger partial charge on any atom is -0.507 e. The van der Waals surface area contributed by atoms with Crippen molar-refractivity contribution >= 4 is 57.3 Å². The maximum absolute atomic E-state index is 13.6. The molecule has 1 N–H and O–H groups in total. The summed E-state index contributed by atoms with van der Waals surface area (Å²) in [4.78, 5) is 28.4. The predicted octanol–water partition coefficient (Wildman–Crippen LogP) is 7.07. The molecule has 1 fully saturated rings. The molecule has 4 aromatic rings. The first-order valence-electron chi connectivity index (χ1n) is 13.0. The van der Waals surface area contributed by atoms with E-state index in [1.807, 2.05) is 37.3 Å². The van der Waals surface area contributed by atoms with Crippen molar-refractivity contribution in [3.8, 4) is 11.5 Å². The molecule has 1 saturated heterocycles. The molecule has 5 rings (SSSR count). The molecular weight excluding hydrogens is 594 g/mol. The molecule has 3 aromatic carbocycles. The number of amides is 1. The van der Waals surface area contributed by atoms with Crippen LogP contribution in [0.2, 0.25) is 5.02 Å². The number of benzene rings is 3. The summed E-state index contributed by atoms with van der Waals surface area (Å²) >= 11 is 8.72. The summed E-state index contributed by atoms with van der Waals surface area (Å²) in [7, 11) is 0. The smallest absolute Gasteiger partial charge is 0.301 e. The lowest BCUT2D eigenvalue weighted by molar-refractivity contribution is -0.132. The molecule has 0 saturated carbocycles. The van der Waals surface area contributed by atoms with Crippen LogP contribution in [0.3, 0.4) is 0 Å². The first-order valence-corrected chi connectivity index (χ1v) is 15.2. The van der Waals surface area contributed by atoms with E-state index in [1.165, 1.54) is 28.0 Å². The van der Waals surface area contributed by atoms with E-state index in [0.717, 1.165) is 5.56 Å². The molecule has 0 radical (unpaired) electrons. The van der Waals surface area contributed by atoms with Gasteiger partial charge in [0.2, 0.25) is 5.13 Å². The Morgan fingerprint density at radius 2 is 1.83 bits per heavy atom. The van der Waals surface area contributed by atoms with Gasteiger partial charge in [0.1, 0.15) is 12.4 Å². The van der Waals surface area contributed by atoms with Crippen molar-refractivity contribution in [2.24, 2.45) is 0 Å². The number of anilines is 1. The van der Waals surface area contributed by atoms with Gasteiger partial charge in [0, 0.05) is 16.3 Å². The summed E-state index contributed by atoms with van der Waals surface area (Å²) in [6, 6.07) is 20.4. The summed E-state index contributed by atoms with van der Waals surface area (Å²) in [6.45, 7) is 6.15. The van der Waals surface area contributed by atoms with Crippen LogP contribution in [0, 0.1) is 0 Å². The molecular formula is C31H26ClN3O5S2. The number of carbonyl (C=O) groups is 2. The minimum atomic E-state index is -1.01. The van der Waals surface area contributed by atoms with Crippen LogP contribution in [-0.4, -0.2) is 40.2 Å². The zero-order chi connectivity index (χ0) is 29.6. The van der Waals surface area contributed by atoms with Crippen LogP contribution in [0.5, 0.6) is 11.5 Å². The fourth-order valence-corrected chi connectivity index (χ4v) is 6.37. The number of halogens is 1. The normalized spacial score (nSPS) is 16.0. The highest BCUT2D eigenvalue weighted by atomic mass is 35.5. The standard InChI is InChI=1S/C31H26ClN3O5S2/c1-3-16-40-23-15-12-21(17-24(23)39-4-2)26-25(27(36)20-10-13-22(32)14-11-20)28(37)29(38)35(26)30-33-34-31(42-30)41-18-19-8-6-5-7-9-19/h3,5-15,17,26,36H,1,4,16,18H2,2H3/b27-25+. The van der Waals surface area contributed by atoms with Crippen molar-refractivity contribution < 1.29 is 24.2 Å². The predicted molar refractivity (Wildman–Crippen MR) is 165 cm³/mol. The third kappa shape index (κ3) is 6.20. The van der Waals surface area contributed by atoms with E-state index in [0.29, 0.717) is 44.3 Å². The Bertz CT molecular complexity index is 1640. The van der Waals surface area contributed by atoms with Gasteiger partial charge in [0.15, 0.2) is 15.8 Å². The van der Waals surface area contributed by atoms with Crippen LogP contribution in [0.15, 0.2) is 95.4 Å². The maximum atomic E-state index is 13.6. The lowest BCUT2D eigenvalue weighted by atomic mass is 9.95. The van der Waals surface area contributed by atoms with Gasteiger partial charge in [-0.05, 0) is 54.4 Å². The van der Waals surface area contributed by atoms with Crippen molar-refractivity contribution in [3.63, 3.8) is 0 Å². The molecule has 214 valence electrons. The monoisotopic (exact) mass is 619 g/mol. The molecule has 1 aliphatic rings. The summed E-state index contributed by atoms with van der Waals surface area (Å²) in [5.74, 6) is -0.429. The molecule has 1 amide bonds.